The molecule has 0 spiro atoms. The number of ether oxygens (including phenoxy) is 3. The first kappa shape index (κ1) is 90.5. The maximum Gasteiger partial charge on any atom is 0.416 e. The van der Waals surface area contributed by atoms with Crippen molar-refractivity contribution < 1.29 is 126 Å². The molecule has 0 saturated carbocycles. The van der Waals surface area contributed by atoms with Crippen LogP contribution in [0.2, 0.25) is 0 Å². The Balaban J connectivity index is 0.000000228. The Labute approximate surface area is 637 Å². The Kier molecular flexibility index (Phi) is 35.1. The van der Waals surface area contributed by atoms with Crippen LogP contribution < -0.4 is 32.3 Å². The number of hydrogen-bond donors (Lipinski definition) is 10. The molecule has 3 heterocycles. The van der Waals surface area contributed by atoms with Crippen LogP contribution in [0.5, 0.6) is 0 Å². The summed E-state index contributed by atoms with van der Waals surface area (Å²) in [5.41, 5.74) is 4.61. The number of Topliss-reactive ketones (excluding diaryl/α,β-unsaturated/α-hetero) is 1. The molecule has 3 aliphatic rings. The van der Waals surface area contributed by atoms with Crippen molar-refractivity contribution in [3.8, 4) is 0 Å². The number of morpholine rings is 3. The molecule has 0 radical (unpaired) electrons. The standard InChI is InChI=1S/C22H24F3N3O4.C22H22F3N3O4.C13H19N3O2.C9H6ClF3O2.C9H7F3O3/c2*23-22(24,25)17-5-1-15(2-6-17)19(29)21(31)27-18-7-3-16(4-8-18)20(30)26-9-10-28-11-13-32-14-12-28;14-12-3-1-11(2-4-12)13(17)15-5-6-16-7-9-18-10-8-16;10-8(15)7(14)5-1-3-6(4-2-5)9(11,12)13;10-9(11,12)6-3-1-5(2-4-6)7(13)8(14)15/h1-8,19,29H,9-14H2,(H,26,30)(H,27,31);1-8H,9-14H2,(H,26,30)(H,27,31);1-4H,5-10,14H2,(H,15,17);1-4,7,14H;1-4,7,13H,(H,14,15). The molecule has 37 heteroatoms. The van der Waals surface area contributed by atoms with E-state index in [4.69, 9.17) is 46.9 Å². The lowest BCUT2D eigenvalue weighted by Crippen LogP contribution is -2.41. The van der Waals surface area contributed by atoms with Gasteiger partial charge in [-0.25, -0.2) is 4.79 Å². The fourth-order valence-electron chi connectivity index (χ4n) is 10.1. The molecule has 0 bridgehead atoms. The molecule has 24 nitrogen and oxygen atoms in total. The van der Waals surface area contributed by atoms with Gasteiger partial charge in [-0.3, -0.25) is 48.3 Å². The molecule has 3 fully saturated rings. The van der Waals surface area contributed by atoms with Gasteiger partial charge in [-0.1, -0.05) is 48.5 Å². The van der Waals surface area contributed by atoms with Gasteiger partial charge in [0.25, 0.3) is 40.6 Å². The highest BCUT2D eigenvalue weighted by molar-refractivity contribution is 6.64. The molecule has 3 aliphatic heterocycles. The lowest BCUT2D eigenvalue weighted by Gasteiger charge is -2.26. The lowest BCUT2D eigenvalue weighted by atomic mass is 10.1. The largest absolute Gasteiger partial charge is 0.479 e. The highest BCUT2D eigenvalue weighted by Gasteiger charge is 2.34. The van der Waals surface area contributed by atoms with Gasteiger partial charge >= 0.3 is 30.7 Å². The second-order valence-electron chi connectivity index (χ2n) is 24.5. The SMILES string of the molecule is Nc1ccc(C(=O)NCCN2CCOCC2)cc1.O=C(Cl)C(O)c1ccc(C(F)(F)F)cc1.O=C(NCCN1CCOCC1)c1ccc(NC(=O)C(O)c2ccc(C(F)(F)F)cc2)cc1.O=C(Nc1ccc(C(=O)NCCN2CCOCC2)cc1)C(=O)c1ccc(C(F)(F)F)cc1.O=C(O)C(O)c1ccc(C(F)(F)F)cc1. The topological polar surface area (TPSA) is 341 Å². The molecule has 0 aliphatic carbocycles. The number of halogens is 13. The first-order chi connectivity index (χ1) is 52.9. The Morgan fingerprint density at radius 2 is 0.652 bits per heavy atom. The van der Waals surface area contributed by atoms with Crippen LogP contribution >= 0.6 is 11.6 Å². The zero-order chi connectivity index (χ0) is 82.3. The number of carbonyl (C=O) groups excluding carboxylic acids is 7. The second kappa shape index (κ2) is 43.4. The van der Waals surface area contributed by atoms with Gasteiger partial charge in [0, 0.05) is 118 Å². The predicted octanol–water partition coefficient (Wildman–Crippen LogP) is 9.69. The molecular weight excluding hydrogens is 1530 g/mol. The Morgan fingerprint density at radius 3 is 0.946 bits per heavy atom. The number of alkyl halides is 12. The molecular formula is C75H78ClF12N9O15. The lowest BCUT2D eigenvalue weighted by molar-refractivity contribution is -0.147. The number of aliphatic carboxylic acids is 1. The summed E-state index contributed by atoms with van der Waals surface area (Å²) in [5.74, 6) is -4.83. The molecule has 3 unspecified atom stereocenters. The minimum atomic E-state index is -4.53. The van der Waals surface area contributed by atoms with E-state index in [0.717, 1.165) is 169 Å². The van der Waals surface area contributed by atoms with Crippen LogP contribution in [0.1, 0.15) is 98.7 Å². The van der Waals surface area contributed by atoms with Crippen molar-refractivity contribution in [1.82, 2.24) is 30.7 Å². The van der Waals surface area contributed by atoms with Crippen LogP contribution in [0.3, 0.4) is 0 Å². The molecule has 0 aromatic heterocycles. The zero-order valence-electron chi connectivity index (χ0n) is 59.2. The first-order valence-electron chi connectivity index (χ1n) is 34.0. The van der Waals surface area contributed by atoms with Gasteiger partial charge in [0.1, 0.15) is 0 Å². The van der Waals surface area contributed by atoms with E-state index in [1.54, 1.807) is 24.3 Å². The van der Waals surface area contributed by atoms with Gasteiger partial charge in [0.2, 0.25) is 0 Å². The number of nitrogens with one attached hydrogen (secondary N) is 5. The third kappa shape index (κ3) is 30.7. The van der Waals surface area contributed by atoms with Gasteiger partial charge in [0.05, 0.1) is 61.9 Å². The molecule has 7 aromatic carbocycles. The summed E-state index contributed by atoms with van der Waals surface area (Å²) in [6, 6.07) is 32.9. The van der Waals surface area contributed by atoms with Crippen LogP contribution in [0.25, 0.3) is 0 Å². The van der Waals surface area contributed by atoms with Crippen LogP contribution in [0.4, 0.5) is 69.7 Å². The Morgan fingerprint density at radius 1 is 0.384 bits per heavy atom. The number of hydrogen-bond acceptors (Lipinski definition) is 18. The third-order valence-electron chi connectivity index (χ3n) is 16.5. The minimum absolute atomic E-state index is 0.0306. The van der Waals surface area contributed by atoms with Gasteiger partial charge < -0.3 is 67.0 Å². The number of rotatable bonds is 22. The number of nitrogen functional groups attached to an aromatic ring is 1. The summed E-state index contributed by atoms with van der Waals surface area (Å²) in [6.07, 6.45) is -23.0. The average molecular weight is 1610 g/mol. The van der Waals surface area contributed by atoms with E-state index >= 15 is 0 Å². The number of ketones is 1. The summed E-state index contributed by atoms with van der Waals surface area (Å²) >= 11 is 4.98. The number of aliphatic hydroxyl groups is 3. The number of carboxylic acid groups (broad SMARTS) is 1. The molecule has 5 amide bonds. The highest BCUT2D eigenvalue weighted by atomic mass is 35.5. The number of anilines is 3. The maximum atomic E-state index is 12.6. The number of carbonyl (C=O) groups is 8. The summed E-state index contributed by atoms with van der Waals surface area (Å²) < 4.78 is 164. The predicted molar refractivity (Wildman–Crippen MR) is 383 cm³/mol. The minimum Gasteiger partial charge on any atom is -0.479 e. The highest BCUT2D eigenvalue weighted by Crippen LogP contribution is 2.34. The molecule has 3 atom stereocenters. The van der Waals surface area contributed by atoms with Crippen molar-refractivity contribution in [2.75, 3.05) is 135 Å². The normalized spacial score (nSPS) is 15.0. The van der Waals surface area contributed by atoms with E-state index in [-0.39, 0.29) is 45.7 Å². The number of benzene rings is 7. The zero-order valence-corrected chi connectivity index (χ0v) is 60.0. The van der Waals surface area contributed by atoms with Crippen molar-refractivity contribution in [3.05, 3.63) is 231 Å². The fourth-order valence-corrected chi connectivity index (χ4v) is 10.3. The van der Waals surface area contributed by atoms with Crippen molar-refractivity contribution in [2.24, 2.45) is 0 Å². The average Bonchev–Trinajstić information content (AvgIpc) is 0.855. The van der Waals surface area contributed by atoms with Gasteiger partial charge in [-0.05, 0) is 150 Å². The van der Waals surface area contributed by atoms with Crippen molar-refractivity contribution in [3.63, 3.8) is 0 Å². The Hall–Kier alpha value is -10.4. The molecule has 7 aromatic rings. The first-order valence-corrected chi connectivity index (χ1v) is 34.4. The summed E-state index contributed by atoms with van der Waals surface area (Å²) in [7, 11) is 0. The van der Waals surface area contributed by atoms with E-state index in [9.17, 15) is 96.1 Å². The number of aliphatic hydroxyl groups excluding tert-OH is 3. The quantitative estimate of drug-likeness (QED) is 0.00992. The molecule has 604 valence electrons. The van der Waals surface area contributed by atoms with E-state index < -0.39 is 94.1 Å². The Bertz CT molecular complexity index is 4100. The maximum absolute atomic E-state index is 12.6. The van der Waals surface area contributed by atoms with Crippen LogP contribution in [-0.2, 0) is 58.1 Å². The molecule has 10 rings (SSSR count). The number of carboxylic acids is 1. The van der Waals surface area contributed by atoms with Crippen LogP contribution in [-0.4, -0.2) is 200 Å². The van der Waals surface area contributed by atoms with Crippen molar-refractivity contribution in [1.29, 1.82) is 0 Å². The van der Waals surface area contributed by atoms with Crippen molar-refractivity contribution in [2.45, 2.75) is 43.0 Å². The number of nitrogens with two attached hydrogens (primary N) is 1. The summed E-state index contributed by atoms with van der Waals surface area (Å²) in [6.45, 7) is 13.5. The van der Waals surface area contributed by atoms with Gasteiger partial charge in [-0.15, -0.1) is 0 Å². The van der Waals surface area contributed by atoms with Gasteiger partial charge in [-0.2, -0.15) is 52.7 Å². The van der Waals surface area contributed by atoms with E-state index in [1.807, 2.05) is 0 Å². The van der Waals surface area contributed by atoms with E-state index in [2.05, 4.69) is 41.3 Å². The second-order valence-corrected chi connectivity index (χ2v) is 24.8. The van der Waals surface area contributed by atoms with E-state index in [0.29, 0.717) is 74.1 Å². The monoisotopic (exact) mass is 1610 g/mol. The van der Waals surface area contributed by atoms with E-state index in [1.165, 1.54) is 48.5 Å². The molecule has 11 N–H and O–H groups in total. The molecule has 112 heavy (non-hydrogen) atoms. The fraction of sp³-hybridized carbons (Fsp3) is 0.333. The third-order valence-corrected chi connectivity index (χ3v) is 16.7. The van der Waals surface area contributed by atoms with Crippen LogP contribution in [0.15, 0.2) is 170 Å². The number of nitrogens with zero attached hydrogens (tertiary/aromatic N) is 3. The smallest absolute Gasteiger partial charge is 0.416 e. The molecule has 3 saturated heterocycles. The van der Waals surface area contributed by atoms with Crippen LogP contribution in [0, 0.1) is 0 Å². The van der Waals surface area contributed by atoms with Gasteiger partial charge in [0.15, 0.2) is 18.3 Å². The number of amides is 5. The summed E-state index contributed by atoms with van der Waals surface area (Å²) in [5, 5.41) is 49.0. The summed E-state index contributed by atoms with van der Waals surface area (Å²) in [4.78, 5) is 100. The van der Waals surface area contributed by atoms with Crippen molar-refractivity contribution >= 4 is 75.2 Å².